The highest BCUT2D eigenvalue weighted by Gasteiger charge is 2.33. The van der Waals surface area contributed by atoms with Crippen LogP contribution in [0, 0.1) is 0 Å². The van der Waals surface area contributed by atoms with Crippen LogP contribution in [0.1, 0.15) is 24.7 Å². The Labute approximate surface area is 161 Å². The van der Waals surface area contributed by atoms with Crippen LogP contribution in [0.4, 0.5) is 13.2 Å². The normalized spacial score (nSPS) is 17.1. The van der Waals surface area contributed by atoms with Gasteiger partial charge >= 0.3 is 6.18 Å². The van der Waals surface area contributed by atoms with Gasteiger partial charge in [0.25, 0.3) is 0 Å². The summed E-state index contributed by atoms with van der Waals surface area (Å²) in [5.41, 5.74) is -0.870. The lowest BCUT2D eigenvalue weighted by molar-refractivity contribution is -0.918. The Kier molecular flexibility index (Phi) is 6.01. The van der Waals surface area contributed by atoms with Gasteiger partial charge in [0, 0.05) is 6.54 Å². The van der Waals surface area contributed by atoms with Crippen LogP contribution in [-0.2, 0) is 29.3 Å². The highest BCUT2D eigenvalue weighted by Crippen LogP contribution is 2.30. The third-order valence-electron chi connectivity index (χ3n) is 4.70. The van der Waals surface area contributed by atoms with E-state index in [9.17, 15) is 21.6 Å². The summed E-state index contributed by atoms with van der Waals surface area (Å²) in [5, 5.41) is 11.7. The number of sulfonamides is 1. The first kappa shape index (κ1) is 20.7. The zero-order valence-corrected chi connectivity index (χ0v) is 16.2. The van der Waals surface area contributed by atoms with E-state index in [2.05, 4.69) is 15.5 Å². The van der Waals surface area contributed by atoms with Crippen molar-refractivity contribution in [2.24, 2.45) is 0 Å². The first-order chi connectivity index (χ1) is 13.2. The molecule has 12 heteroatoms. The van der Waals surface area contributed by atoms with Gasteiger partial charge < -0.3 is 4.90 Å². The molecule has 8 nitrogen and oxygen atoms in total. The van der Waals surface area contributed by atoms with E-state index < -0.39 is 21.8 Å². The van der Waals surface area contributed by atoms with Gasteiger partial charge in [-0.15, -0.1) is 5.10 Å². The third kappa shape index (κ3) is 4.50. The van der Waals surface area contributed by atoms with E-state index in [-0.39, 0.29) is 18.0 Å². The Morgan fingerprint density at radius 2 is 1.79 bits per heavy atom. The van der Waals surface area contributed by atoms with Gasteiger partial charge in [-0.1, -0.05) is 6.92 Å². The molecule has 1 saturated heterocycles. The van der Waals surface area contributed by atoms with Crippen molar-refractivity contribution >= 4 is 10.0 Å². The minimum absolute atomic E-state index is 0.129. The van der Waals surface area contributed by atoms with E-state index in [0.29, 0.717) is 19.6 Å². The zero-order valence-electron chi connectivity index (χ0n) is 15.4. The van der Waals surface area contributed by atoms with E-state index in [0.717, 1.165) is 48.0 Å². The van der Waals surface area contributed by atoms with Gasteiger partial charge in [-0.05, 0) is 41.1 Å². The van der Waals surface area contributed by atoms with Crippen LogP contribution >= 0.6 is 0 Å². The maximum atomic E-state index is 12.7. The molecule has 0 aliphatic carbocycles. The van der Waals surface area contributed by atoms with Gasteiger partial charge in [0.15, 0.2) is 0 Å². The van der Waals surface area contributed by atoms with Crippen molar-refractivity contribution in [3.05, 3.63) is 35.7 Å². The highest BCUT2D eigenvalue weighted by atomic mass is 32.2. The van der Waals surface area contributed by atoms with Crippen molar-refractivity contribution in [1.82, 2.24) is 24.5 Å². The van der Waals surface area contributed by atoms with Crippen molar-refractivity contribution in [3.63, 3.8) is 0 Å². The Hall–Kier alpha value is -2.05. The smallest absolute Gasteiger partial charge is 0.326 e. The summed E-state index contributed by atoms with van der Waals surface area (Å²) in [5.74, 6) is 0.760. The van der Waals surface area contributed by atoms with Crippen molar-refractivity contribution in [1.29, 1.82) is 0 Å². The molecule has 2 heterocycles. The molecule has 28 heavy (non-hydrogen) atoms. The van der Waals surface area contributed by atoms with Gasteiger partial charge in [-0.25, -0.2) is 13.1 Å². The van der Waals surface area contributed by atoms with Gasteiger partial charge in [-0.3, -0.25) is 0 Å². The summed E-state index contributed by atoms with van der Waals surface area (Å²) in [4.78, 5) is 1.03. The number of alkyl halides is 3. The molecule has 0 bridgehead atoms. The van der Waals surface area contributed by atoms with Crippen molar-refractivity contribution in [3.8, 4) is 0 Å². The number of aromatic nitrogens is 4. The molecular formula is C16H22F3N6O2S+. The van der Waals surface area contributed by atoms with Crippen LogP contribution in [-0.4, -0.2) is 59.1 Å². The molecule has 1 aromatic carbocycles. The minimum atomic E-state index is -4.50. The van der Waals surface area contributed by atoms with Crippen LogP contribution in [0.25, 0.3) is 0 Å². The lowest BCUT2D eigenvalue weighted by Crippen LogP contribution is -3.13. The number of benzene rings is 1. The highest BCUT2D eigenvalue weighted by molar-refractivity contribution is 7.89. The molecular weight excluding hydrogens is 397 g/mol. The summed E-state index contributed by atoms with van der Waals surface area (Å²) in [6.45, 7) is 5.06. The molecule has 0 unspecified atom stereocenters. The largest absolute Gasteiger partial charge is 0.416 e. The van der Waals surface area contributed by atoms with Gasteiger partial charge in [0.2, 0.25) is 15.8 Å². The Bertz CT molecular complexity index is 890. The fourth-order valence-electron chi connectivity index (χ4n) is 3.14. The quantitative estimate of drug-likeness (QED) is 0.723. The predicted octanol–water partition coefficient (Wildman–Crippen LogP) is 0.191. The van der Waals surface area contributed by atoms with Crippen molar-refractivity contribution in [2.45, 2.75) is 37.5 Å². The molecule has 1 aliphatic heterocycles. The Morgan fingerprint density at radius 3 is 2.36 bits per heavy atom. The Balaban J connectivity index is 1.62. The predicted molar refractivity (Wildman–Crippen MR) is 92.7 cm³/mol. The first-order valence-corrected chi connectivity index (χ1v) is 10.4. The number of quaternary nitrogens is 1. The molecule has 0 radical (unpaired) electrons. The van der Waals surface area contributed by atoms with Crippen LogP contribution in [0.15, 0.2) is 29.2 Å². The summed E-state index contributed by atoms with van der Waals surface area (Å²) in [6, 6.07) is 3.61. The first-order valence-electron chi connectivity index (χ1n) is 8.98. The van der Waals surface area contributed by atoms with E-state index in [4.69, 9.17) is 0 Å². The lowest BCUT2D eigenvalue weighted by Gasteiger charge is -2.31. The third-order valence-corrected chi connectivity index (χ3v) is 6.61. The SMILES string of the molecule is CCCn1nnnc1C[NH+]1CCN(S(=O)(=O)c2ccc(C(F)(F)F)cc2)CC1. The molecule has 154 valence electrons. The molecule has 0 atom stereocenters. The number of nitrogens with zero attached hydrogens (tertiary/aromatic N) is 5. The van der Waals surface area contributed by atoms with Gasteiger partial charge in [0.05, 0.1) is 36.6 Å². The summed E-state index contributed by atoms with van der Waals surface area (Å²) in [7, 11) is -3.82. The number of rotatable bonds is 6. The number of halogens is 3. The summed E-state index contributed by atoms with van der Waals surface area (Å²) >= 11 is 0. The number of hydrogen-bond donors (Lipinski definition) is 1. The molecule has 0 saturated carbocycles. The van der Waals surface area contributed by atoms with Crippen LogP contribution in [0.2, 0.25) is 0 Å². The topological polar surface area (TPSA) is 85.4 Å². The standard InChI is InChI=1S/C16H21F3N6O2S/c1-2-7-25-15(20-21-22-25)12-23-8-10-24(11-9-23)28(26,27)14-5-3-13(4-6-14)16(17,18)19/h3-6H,2,7-12H2,1H3/p+1. The van der Waals surface area contributed by atoms with E-state index in [1.54, 1.807) is 4.68 Å². The average molecular weight is 419 g/mol. The van der Waals surface area contributed by atoms with E-state index >= 15 is 0 Å². The second kappa shape index (κ2) is 8.13. The monoisotopic (exact) mass is 419 g/mol. The number of nitrogens with one attached hydrogen (secondary N) is 1. The maximum Gasteiger partial charge on any atom is 0.416 e. The van der Waals surface area contributed by atoms with Crippen LogP contribution in [0.5, 0.6) is 0 Å². The number of piperazine rings is 1. The van der Waals surface area contributed by atoms with E-state index in [1.165, 1.54) is 4.31 Å². The molecule has 1 aromatic heterocycles. The fraction of sp³-hybridized carbons (Fsp3) is 0.562. The average Bonchev–Trinajstić information content (AvgIpc) is 3.09. The van der Waals surface area contributed by atoms with Crippen LogP contribution in [0.3, 0.4) is 0 Å². The molecule has 1 aliphatic rings. The second-order valence-corrected chi connectivity index (χ2v) is 8.61. The number of tetrazole rings is 1. The number of hydrogen-bond acceptors (Lipinski definition) is 5. The summed E-state index contributed by atoms with van der Waals surface area (Å²) in [6.07, 6.45) is -3.59. The van der Waals surface area contributed by atoms with Gasteiger partial charge in [-0.2, -0.15) is 17.5 Å². The van der Waals surface area contributed by atoms with Gasteiger partial charge in [0.1, 0.15) is 6.54 Å². The molecule has 2 aromatic rings. The molecule has 0 spiro atoms. The molecule has 0 amide bonds. The zero-order chi connectivity index (χ0) is 20.4. The van der Waals surface area contributed by atoms with Crippen molar-refractivity contribution in [2.75, 3.05) is 26.2 Å². The molecule has 1 N–H and O–H groups in total. The Morgan fingerprint density at radius 1 is 1.14 bits per heavy atom. The lowest BCUT2D eigenvalue weighted by atomic mass is 10.2. The molecule has 3 rings (SSSR count). The number of aryl methyl sites for hydroxylation is 1. The van der Waals surface area contributed by atoms with E-state index in [1.807, 2.05) is 6.92 Å². The minimum Gasteiger partial charge on any atom is -0.326 e. The van der Waals surface area contributed by atoms with Crippen LogP contribution < -0.4 is 4.90 Å². The second-order valence-electron chi connectivity index (χ2n) is 6.67. The maximum absolute atomic E-state index is 12.7. The summed E-state index contributed by atoms with van der Waals surface area (Å²) < 4.78 is 66.5. The fourth-order valence-corrected chi connectivity index (χ4v) is 4.58. The molecule has 1 fully saturated rings. The van der Waals surface area contributed by atoms with Crippen molar-refractivity contribution < 1.29 is 26.5 Å².